The number of rotatable bonds is 6. The molecule has 8 nitrogen and oxygen atoms in total. The zero-order chi connectivity index (χ0) is 40.4. The van der Waals surface area contributed by atoms with E-state index < -0.39 is 23.3 Å². The average Bonchev–Trinajstić information content (AvgIpc) is 3.19. The first-order valence-electron chi connectivity index (χ1n) is 14.8. The van der Waals surface area contributed by atoms with E-state index in [0.29, 0.717) is 30.7 Å². The molecule has 0 aliphatic heterocycles. The summed E-state index contributed by atoms with van der Waals surface area (Å²) < 4.78 is 51.6. The molecule has 1 radical (unpaired) electrons. The van der Waals surface area contributed by atoms with Crippen molar-refractivity contribution >= 4 is 23.0 Å². The zero-order valence-electron chi connectivity index (χ0n) is 29.4. The van der Waals surface area contributed by atoms with Gasteiger partial charge in [0.05, 0.1) is 0 Å². The van der Waals surface area contributed by atoms with Crippen molar-refractivity contribution in [3.05, 3.63) is 180 Å². The molecule has 6 rings (SSSR count). The van der Waals surface area contributed by atoms with Gasteiger partial charge in [0, 0.05) is 75.1 Å². The fraction of sp³-hybridized carbons (Fsp3) is 0.0500. The number of hydrogen-bond donors (Lipinski definition) is 1. The normalized spacial score (nSPS) is 8.29. The molecule has 0 bridgehead atoms. The Balaban J connectivity index is -0.000000631. The summed E-state index contributed by atoms with van der Waals surface area (Å²) in [5.41, 5.74) is 3.58. The van der Waals surface area contributed by atoms with Crippen LogP contribution in [0, 0.1) is 58.4 Å². The monoisotopic (exact) mass is 1150 g/mol. The number of aromatic nitrogens is 2. The van der Waals surface area contributed by atoms with Gasteiger partial charge in [-0.25, -0.2) is 5.26 Å². The van der Waals surface area contributed by atoms with E-state index in [1.807, 2.05) is 60.7 Å². The second-order valence-electron chi connectivity index (χ2n) is 9.36. The number of nitriles is 2. The van der Waals surface area contributed by atoms with Crippen molar-refractivity contribution in [2.45, 2.75) is 13.1 Å². The molecule has 0 unspecified atom stereocenters. The molecule has 1 N–H and O–H groups in total. The first kappa shape index (κ1) is 55.7. The molecule has 0 atom stereocenters. The second-order valence-corrected chi connectivity index (χ2v) is 9.36. The maximum atomic E-state index is 13.2. The minimum absolute atomic E-state index is 0. The molecule has 0 saturated carbocycles. The van der Waals surface area contributed by atoms with Gasteiger partial charge in [-0.1, -0.05) is 108 Å². The summed E-state index contributed by atoms with van der Waals surface area (Å²) in [7, 11) is 4.64. The fourth-order valence-corrected chi connectivity index (χ4v) is 3.68. The largest absolute Gasteiger partial charge is 1.00 e. The van der Waals surface area contributed by atoms with Gasteiger partial charge in [0.2, 0.25) is 0 Å². The molecule has 4 aromatic carbocycles. The van der Waals surface area contributed by atoms with Gasteiger partial charge in [0.15, 0.2) is 0 Å². The van der Waals surface area contributed by atoms with E-state index in [1.54, 1.807) is 48.8 Å². The molecule has 2 heterocycles. The zero-order valence-corrected chi connectivity index (χ0v) is 36.9. The number of aliphatic imine (C=N–C) groups is 2. The first-order valence-corrected chi connectivity index (χ1v) is 17.8. The van der Waals surface area contributed by atoms with Crippen LogP contribution in [0.5, 0.6) is 0 Å². The predicted octanol–water partition coefficient (Wildman–Crippen LogP) is 5.54. The standard InChI is InChI=1S/2C11H6F2N.2C8H8N.2CHNO.ClH.2Ir.Na/c2*12-8-4-5-9(10(13)7-8)11-3-1-2-6-14-11;2*1-9-7-8-5-3-2-4-6-8;2*2-1-3;;;;/h2*1-4,6-7H;2*1-6H,7H2;2*3H;1H;;;/q4*-1;;;;;+3;+1/p-2. The Kier molecular flexibility index (Phi) is 37.2. The molecule has 6 aromatic rings. The molecule has 0 saturated heterocycles. The van der Waals surface area contributed by atoms with Crippen molar-refractivity contribution in [3.63, 3.8) is 0 Å². The van der Waals surface area contributed by atoms with Crippen LogP contribution in [0.15, 0.2) is 144 Å². The molecule has 2 aromatic heterocycles. The first-order chi connectivity index (χ1) is 26.2. The summed E-state index contributed by atoms with van der Waals surface area (Å²) in [6.45, 7) is 11.2. The van der Waals surface area contributed by atoms with Crippen LogP contribution in [-0.2, 0) is 51.1 Å². The summed E-state index contributed by atoms with van der Waals surface area (Å²) in [4.78, 5) is 14.9. The van der Waals surface area contributed by atoms with Crippen molar-refractivity contribution in [2.24, 2.45) is 9.98 Å². The number of pyridine rings is 2. The van der Waals surface area contributed by atoms with Crippen molar-refractivity contribution < 1.29 is 95.3 Å². The fourth-order valence-electron chi connectivity index (χ4n) is 3.68. The van der Waals surface area contributed by atoms with Gasteiger partial charge in [-0.15, -0.1) is 24.3 Å². The third kappa shape index (κ3) is 25.5. The summed E-state index contributed by atoms with van der Waals surface area (Å²) in [5, 5.41) is 28.8. The van der Waals surface area contributed by atoms with E-state index in [4.69, 9.17) is 34.2 Å². The Hall–Kier alpha value is -4.59. The van der Waals surface area contributed by atoms with Gasteiger partial charge in [-0.3, -0.25) is 17.6 Å². The molecule has 0 aliphatic rings. The molecular weight excluding hydrogens is 1120 g/mol. The molecule has 0 spiro atoms. The predicted molar refractivity (Wildman–Crippen MR) is 193 cm³/mol. The van der Waals surface area contributed by atoms with E-state index in [1.165, 1.54) is 17.9 Å². The summed E-state index contributed by atoms with van der Waals surface area (Å²) in [6, 6.07) is 38.9. The number of hydrogen-bond acceptors (Lipinski definition) is 8. The van der Waals surface area contributed by atoms with Crippen molar-refractivity contribution in [1.29, 1.82) is 10.5 Å². The van der Waals surface area contributed by atoms with E-state index in [2.05, 4.69) is 41.7 Å². The Bertz CT molecular complexity index is 1840. The third-order valence-electron chi connectivity index (χ3n) is 5.79. The Labute approximate surface area is 374 Å². The number of halogens is 5. The van der Waals surface area contributed by atoms with Gasteiger partial charge >= 0.3 is 57.0 Å². The topological polar surface area (TPSA) is 141 Å². The Morgan fingerprint density at radius 2 is 0.982 bits per heavy atom. The van der Waals surface area contributed by atoms with Crippen LogP contribution in [0.3, 0.4) is 0 Å². The van der Waals surface area contributed by atoms with Crippen LogP contribution >= 0.6 is 9.58 Å². The maximum Gasteiger partial charge on any atom is 1.00 e. The van der Waals surface area contributed by atoms with Crippen molar-refractivity contribution in [2.75, 3.05) is 0 Å². The van der Waals surface area contributed by atoms with Gasteiger partial charge in [-0.2, -0.15) is 5.26 Å². The molecule has 287 valence electrons. The van der Waals surface area contributed by atoms with Crippen molar-refractivity contribution in [1.82, 2.24) is 9.97 Å². The summed E-state index contributed by atoms with van der Waals surface area (Å²) in [5.74, 6) is -2.57. The van der Waals surface area contributed by atoms with Crippen LogP contribution < -0.4 is 34.7 Å². The smallest absolute Gasteiger partial charge is 0 e. The van der Waals surface area contributed by atoms with Crippen LogP contribution in [0.25, 0.3) is 22.5 Å². The van der Waals surface area contributed by atoms with Crippen LogP contribution in [0.4, 0.5) is 17.6 Å². The van der Waals surface area contributed by atoms with E-state index in [0.717, 1.165) is 41.6 Å². The van der Waals surface area contributed by atoms with E-state index in [9.17, 15) is 17.6 Å². The number of aliphatic hydroxyl groups excluding tert-OH is 1. The van der Waals surface area contributed by atoms with Gasteiger partial charge < -0.3 is 43.6 Å². The van der Waals surface area contributed by atoms with Crippen LogP contribution in [0.1, 0.15) is 11.1 Å². The number of nitrogens with zero attached hydrogens (tertiary/aromatic N) is 6. The average molecular weight is 1140 g/mol. The van der Waals surface area contributed by atoms with Gasteiger partial charge in [0.25, 0.3) is 6.26 Å². The van der Waals surface area contributed by atoms with Crippen LogP contribution in [-0.4, -0.2) is 28.5 Å². The van der Waals surface area contributed by atoms with E-state index in [-0.39, 0.29) is 60.8 Å². The second kappa shape index (κ2) is 37.3. The summed E-state index contributed by atoms with van der Waals surface area (Å²) in [6.07, 6.45) is 4.35. The van der Waals surface area contributed by atoms with Gasteiger partial charge in [0.1, 0.15) is 0 Å². The molecule has 56 heavy (non-hydrogen) atoms. The SMILES string of the molecule is Fc1c[c-]c(-c2ccccn2)c(F)c1.Fc1c[c-]c(-c2ccccn2)c(F)c1.N#CO.N#C[O-].[CH-]=NCc1ccccc1.[CH-]=NCc1ccccc1.[Cl][Ir+2].[Ir].[Na+]. The molecular formula is C40H29ClF4Ir2N6NaO2-2. The van der Waals surface area contributed by atoms with Crippen molar-refractivity contribution in [3.8, 4) is 35.0 Å². The Morgan fingerprint density at radius 3 is 1.23 bits per heavy atom. The Morgan fingerprint density at radius 1 is 0.679 bits per heavy atom. The molecule has 0 amide bonds. The van der Waals surface area contributed by atoms with E-state index >= 15 is 0 Å². The molecule has 0 fully saturated rings. The molecule has 16 heteroatoms. The van der Waals surface area contributed by atoms with Gasteiger partial charge in [-0.05, 0) is 34.6 Å². The van der Waals surface area contributed by atoms with Crippen LogP contribution in [0.2, 0.25) is 0 Å². The molecule has 0 aliphatic carbocycles. The minimum Gasteiger partial charge on any atom is 0 e. The maximum absolute atomic E-state index is 13.2. The number of benzene rings is 4. The minimum atomic E-state index is -0.649. The number of aliphatic hydroxyl groups is 1. The quantitative estimate of drug-likeness (QED) is 0.0765. The third-order valence-corrected chi connectivity index (χ3v) is 5.79. The summed E-state index contributed by atoms with van der Waals surface area (Å²) >= 11 is 1.47.